The van der Waals surface area contributed by atoms with E-state index in [1.54, 1.807) is 18.3 Å². The van der Waals surface area contributed by atoms with Crippen LogP contribution in [0, 0.1) is 6.92 Å². The van der Waals surface area contributed by atoms with Crippen molar-refractivity contribution in [2.75, 3.05) is 7.11 Å². The monoisotopic (exact) mass is 243 g/mol. The van der Waals surface area contributed by atoms with Crippen molar-refractivity contribution in [2.24, 2.45) is 0 Å². The fourth-order valence-corrected chi connectivity index (χ4v) is 2.22. The van der Waals surface area contributed by atoms with Crippen molar-refractivity contribution in [3.63, 3.8) is 0 Å². The third-order valence-corrected chi connectivity index (χ3v) is 3.41. The summed E-state index contributed by atoms with van der Waals surface area (Å²) in [5.41, 5.74) is 1.19. The molecule has 0 saturated heterocycles. The number of carbonyl (C=O) groups excluding carboxylic acids is 1. The van der Waals surface area contributed by atoms with E-state index in [1.807, 2.05) is 18.4 Å². The van der Waals surface area contributed by atoms with E-state index in [1.165, 1.54) is 12.7 Å². The third-order valence-electron chi connectivity index (χ3n) is 2.39. The van der Waals surface area contributed by atoms with E-state index < -0.39 is 18.1 Å². The molecular formula is C11H17NO3S. The molecule has 90 valence electrons. The number of hydrogen-bond acceptors (Lipinski definition) is 5. The maximum Gasteiger partial charge on any atom is 0.325 e. The van der Waals surface area contributed by atoms with Crippen LogP contribution in [0.4, 0.5) is 0 Å². The molecule has 1 heterocycles. The van der Waals surface area contributed by atoms with Crippen molar-refractivity contribution in [1.29, 1.82) is 0 Å². The van der Waals surface area contributed by atoms with Gasteiger partial charge in [0.15, 0.2) is 0 Å². The second kappa shape index (κ2) is 5.98. The van der Waals surface area contributed by atoms with E-state index in [9.17, 15) is 9.90 Å². The zero-order valence-corrected chi connectivity index (χ0v) is 10.5. The number of esters is 1. The van der Waals surface area contributed by atoms with Crippen LogP contribution < -0.4 is 5.32 Å². The number of hydrogen-bond donors (Lipinski definition) is 2. The number of aliphatic hydroxyl groups is 1. The van der Waals surface area contributed by atoms with Crippen molar-refractivity contribution >= 4 is 17.3 Å². The summed E-state index contributed by atoms with van der Waals surface area (Å²) in [7, 11) is 1.32. The molecule has 1 rings (SSSR count). The first-order valence-corrected chi connectivity index (χ1v) is 5.96. The number of aryl methyl sites for hydroxylation is 1. The van der Waals surface area contributed by atoms with Crippen LogP contribution in [0.3, 0.4) is 0 Å². The summed E-state index contributed by atoms with van der Waals surface area (Å²) < 4.78 is 4.62. The highest BCUT2D eigenvalue weighted by Gasteiger charge is 2.23. The lowest BCUT2D eigenvalue weighted by Gasteiger charge is -2.18. The second-order valence-corrected chi connectivity index (χ2v) is 4.65. The van der Waals surface area contributed by atoms with Gasteiger partial charge in [0.25, 0.3) is 0 Å². The standard InChI is InChI=1S/C11H17NO3S/c1-7-4-5-16-9(7)6-12-10(8(2)13)11(14)15-3/h4-5,8,10,12-13H,6H2,1-3H3/t8-,10-/m1/s1. The van der Waals surface area contributed by atoms with Crippen LogP contribution in [0.15, 0.2) is 11.4 Å². The number of rotatable bonds is 5. The number of carbonyl (C=O) groups is 1. The molecule has 2 N–H and O–H groups in total. The molecule has 2 atom stereocenters. The molecule has 5 heteroatoms. The summed E-state index contributed by atoms with van der Waals surface area (Å²) >= 11 is 1.63. The molecule has 0 aliphatic heterocycles. The van der Waals surface area contributed by atoms with Gasteiger partial charge in [0.1, 0.15) is 6.04 Å². The zero-order valence-electron chi connectivity index (χ0n) is 9.69. The molecule has 16 heavy (non-hydrogen) atoms. The smallest absolute Gasteiger partial charge is 0.325 e. The molecule has 0 aliphatic rings. The number of nitrogens with one attached hydrogen (secondary N) is 1. The van der Waals surface area contributed by atoms with E-state index in [0.717, 1.165) is 4.88 Å². The van der Waals surface area contributed by atoms with Crippen LogP contribution in [0.2, 0.25) is 0 Å². The summed E-state index contributed by atoms with van der Waals surface area (Å²) in [6.45, 7) is 4.15. The Bertz CT molecular complexity index is 349. The first-order chi connectivity index (χ1) is 7.56. The second-order valence-electron chi connectivity index (χ2n) is 3.65. The molecular weight excluding hydrogens is 226 g/mol. The highest BCUT2D eigenvalue weighted by molar-refractivity contribution is 7.10. The summed E-state index contributed by atoms with van der Waals surface area (Å²) in [5, 5.41) is 14.5. The Morgan fingerprint density at radius 2 is 2.38 bits per heavy atom. The van der Waals surface area contributed by atoms with Crippen LogP contribution in [0.5, 0.6) is 0 Å². The minimum absolute atomic E-state index is 0.441. The Kier molecular flexibility index (Phi) is 4.92. The average Bonchev–Trinajstić information content (AvgIpc) is 2.64. The molecule has 0 spiro atoms. The van der Waals surface area contributed by atoms with Gasteiger partial charge in [-0.05, 0) is 30.9 Å². The largest absolute Gasteiger partial charge is 0.468 e. The topological polar surface area (TPSA) is 58.6 Å². The Morgan fingerprint density at radius 3 is 2.81 bits per heavy atom. The molecule has 0 unspecified atom stereocenters. The lowest BCUT2D eigenvalue weighted by Crippen LogP contribution is -2.45. The molecule has 0 amide bonds. The van der Waals surface area contributed by atoms with Crippen molar-refractivity contribution < 1.29 is 14.6 Å². The van der Waals surface area contributed by atoms with E-state index in [0.29, 0.717) is 6.54 Å². The number of ether oxygens (including phenoxy) is 1. The number of aliphatic hydroxyl groups excluding tert-OH is 1. The summed E-state index contributed by atoms with van der Waals surface area (Å²) in [6.07, 6.45) is -0.771. The SMILES string of the molecule is COC(=O)[C@H](NCc1sccc1C)[C@@H](C)O. The zero-order chi connectivity index (χ0) is 12.1. The maximum atomic E-state index is 11.4. The van der Waals surface area contributed by atoms with Gasteiger partial charge in [-0.25, -0.2) is 0 Å². The van der Waals surface area contributed by atoms with Gasteiger partial charge in [-0.15, -0.1) is 11.3 Å². The van der Waals surface area contributed by atoms with E-state index in [2.05, 4.69) is 10.1 Å². The minimum Gasteiger partial charge on any atom is -0.468 e. The Balaban J connectivity index is 2.57. The van der Waals surface area contributed by atoms with Gasteiger partial charge in [0.2, 0.25) is 0 Å². The van der Waals surface area contributed by atoms with Crippen LogP contribution in [-0.2, 0) is 16.1 Å². The predicted molar refractivity (Wildman–Crippen MR) is 63.4 cm³/mol. The minimum atomic E-state index is -0.771. The van der Waals surface area contributed by atoms with Gasteiger partial charge in [-0.1, -0.05) is 0 Å². The van der Waals surface area contributed by atoms with Gasteiger partial charge in [-0.3, -0.25) is 10.1 Å². The van der Waals surface area contributed by atoms with Gasteiger partial charge < -0.3 is 9.84 Å². The van der Waals surface area contributed by atoms with E-state index in [4.69, 9.17) is 0 Å². The predicted octanol–water partition coefficient (Wildman–Crippen LogP) is 1.07. The molecule has 0 aliphatic carbocycles. The Morgan fingerprint density at radius 1 is 1.69 bits per heavy atom. The first-order valence-electron chi connectivity index (χ1n) is 5.08. The highest BCUT2D eigenvalue weighted by atomic mass is 32.1. The fourth-order valence-electron chi connectivity index (χ4n) is 1.37. The molecule has 0 bridgehead atoms. The van der Waals surface area contributed by atoms with Gasteiger partial charge in [0, 0.05) is 11.4 Å². The van der Waals surface area contributed by atoms with Crippen LogP contribution >= 0.6 is 11.3 Å². The Labute approximate surface area is 99.2 Å². The average molecular weight is 243 g/mol. The summed E-state index contributed by atoms with van der Waals surface area (Å²) in [6, 6.07) is 1.35. The van der Waals surface area contributed by atoms with Crippen molar-refractivity contribution in [1.82, 2.24) is 5.32 Å². The van der Waals surface area contributed by atoms with Crippen LogP contribution in [-0.4, -0.2) is 30.3 Å². The number of thiophene rings is 1. The molecule has 4 nitrogen and oxygen atoms in total. The first kappa shape index (κ1) is 13.2. The lowest BCUT2D eigenvalue weighted by atomic mass is 10.2. The summed E-state index contributed by atoms with van der Waals surface area (Å²) in [5.74, 6) is -0.441. The molecule has 1 aromatic heterocycles. The van der Waals surface area contributed by atoms with Crippen molar-refractivity contribution in [3.05, 3.63) is 21.9 Å². The maximum absolute atomic E-state index is 11.4. The quantitative estimate of drug-likeness (QED) is 0.759. The molecule has 1 aromatic rings. The third kappa shape index (κ3) is 3.30. The molecule has 0 aromatic carbocycles. The van der Waals surface area contributed by atoms with E-state index in [-0.39, 0.29) is 0 Å². The van der Waals surface area contributed by atoms with Crippen molar-refractivity contribution in [2.45, 2.75) is 32.5 Å². The van der Waals surface area contributed by atoms with E-state index >= 15 is 0 Å². The van der Waals surface area contributed by atoms with Gasteiger partial charge in [0.05, 0.1) is 13.2 Å². The molecule has 0 saturated carbocycles. The van der Waals surface area contributed by atoms with Crippen molar-refractivity contribution in [3.8, 4) is 0 Å². The highest BCUT2D eigenvalue weighted by Crippen LogP contribution is 2.15. The van der Waals surface area contributed by atoms with Gasteiger partial charge >= 0.3 is 5.97 Å². The number of methoxy groups -OCH3 is 1. The van der Waals surface area contributed by atoms with Crippen LogP contribution in [0.1, 0.15) is 17.4 Å². The molecule has 0 radical (unpaired) electrons. The lowest BCUT2D eigenvalue weighted by molar-refractivity contribution is -0.145. The fraction of sp³-hybridized carbons (Fsp3) is 0.545. The van der Waals surface area contributed by atoms with Gasteiger partial charge in [-0.2, -0.15) is 0 Å². The van der Waals surface area contributed by atoms with Crippen LogP contribution in [0.25, 0.3) is 0 Å². The Hall–Kier alpha value is -0.910. The molecule has 0 fully saturated rings. The normalized spacial score (nSPS) is 14.5. The summed E-state index contributed by atoms with van der Waals surface area (Å²) in [4.78, 5) is 12.5.